The zero-order valence-electron chi connectivity index (χ0n) is 26.2. The van der Waals surface area contributed by atoms with E-state index >= 15 is 0 Å². The first kappa shape index (κ1) is 34.8. The Kier molecular flexibility index (Phi) is 10.4. The van der Waals surface area contributed by atoms with Crippen molar-refractivity contribution >= 4 is 62.6 Å². The van der Waals surface area contributed by atoms with E-state index in [1.807, 2.05) is 42.5 Å². The van der Waals surface area contributed by atoms with Gasteiger partial charge in [-0.25, -0.2) is 0 Å². The number of carbonyl (C=O) groups is 4. The van der Waals surface area contributed by atoms with E-state index in [-0.39, 0.29) is 17.8 Å². The highest BCUT2D eigenvalue weighted by atomic mass is 35.5. The number of benzene rings is 4. The number of nitrogens with one attached hydrogen (secondary N) is 5. The van der Waals surface area contributed by atoms with E-state index in [4.69, 9.17) is 11.6 Å². The SMILES string of the molecule is C[C@H](NC(=O)[C@H](C)NC(=O)[C@H](Cc1ccc2ccccc2c1)NC(=O)c1cc2cc(Cl)ccc2[nH]1)C(=O)Nc1ccc(OC(F)(F)F)cc1. The minimum atomic E-state index is -4.86. The van der Waals surface area contributed by atoms with Gasteiger partial charge in [-0.1, -0.05) is 54.1 Å². The van der Waals surface area contributed by atoms with E-state index < -0.39 is 53.9 Å². The molecule has 0 bridgehead atoms. The highest BCUT2D eigenvalue weighted by molar-refractivity contribution is 6.31. The second-order valence-electron chi connectivity index (χ2n) is 11.3. The lowest BCUT2D eigenvalue weighted by Crippen LogP contribution is -2.55. The number of rotatable bonds is 11. The summed E-state index contributed by atoms with van der Waals surface area (Å²) in [5.41, 5.74) is 1.83. The van der Waals surface area contributed by atoms with Gasteiger partial charge in [0.05, 0.1) is 0 Å². The fraction of sp³-hybridized carbons (Fsp3) is 0.200. The zero-order chi connectivity index (χ0) is 35.3. The van der Waals surface area contributed by atoms with Crippen LogP contribution in [-0.2, 0) is 20.8 Å². The maximum absolute atomic E-state index is 13.6. The smallest absolute Gasteiger partial charge is 0.406 e. The van der Waals surface area contributed by atoms with E-state index in [2.05, 4.69) is 31.0 Å². The average Bonchev–Trinajstić information content (AvgIpc) is 3.48. The van der Waals surface area contributed by atoms with Crippen molar-refractivity contribution in [2.75, 3.05) is 5.32 Å². The molecule has 10 nitrogen and oxygen atoms in total. The third kappa shape index (κ3) is 9.29. The fourth-order valence-corrected chi connectivity index (χ4v) is 5.23. The molecule has 5 aromatic rings. The third-order valence-electron chi connectivity index (χ3n) is 7.56. The van der Waals surface area contributed by atoms with Crippen LogP contribution in [0.25, 0.3) is 21.7 Å². The molecule has 5 rings (SSSR count). The second-order valence-corrected chi connectivity index (χ2v) is 11.8. The monoisotopic (exact) mass is 693 g/mol. The van der Waals surface area contributed by atoms with E-state index in [1.165, 1.54) is 26.0 Å². The van der Waals surface area contributed by atoms with Crippen molar-refractivity contribution in [2.45, 2.75) is 44.8 Å². The van der Waals surface area contributed by atoms with Crippen LogP contribution in [0.3, 0.4) is 0 Å². The lowest BCUT2D eigenvalue weighted by atomic mass is 10.0. The van der Waals surface area contributed by atoms with E-state index in [9.17, 15) is 32.3 Å². The molecule has 0 aliphatic rings. The molecule has 0 saturated heterocycles. The third-order valence-corrected chi connectivity index (χ3v) is 7.80. The first-order chi connectivity index (χ1) is 23.2. The molecule has 0 spiro atoms. The van der Waals surface area contributed by atoms with Crippen LogP contribution >= 0.6 is 11.6 Å². The van der Waals surface area contributed by atoms with Crippen LogP contribution in [0.4, 0.5) is 18.9 Å². The van der Waals surface area contributed by atoms with Gasteiger partial charge in [0.15, 0.2) is 0 Å². The molecule has 4 amide bonds. The number of fused-ring (bicyclic) bond motifs is 2. The number of aromatic amines is 1. The molecule has 4 aromatic carbocycles. The highest BCUT2D eigenvalue weighted by Gasteiger charge is 2.31. The summed E-state index contributed by atoms with van der Waals surface area (Å²) in [6.07, 6.45) is -4.75. The van der Waals surface area contributed by atoms with E-state index in [1.54, 1.807) is 24.3 Å². The van der Waals surface area contributed by atoms with Crippen LogP contribution in [-0.4, -0.2) is 53.1 Å². The maximum Gasteiger partial charge on any atom is 0.573 e. The van der Waals surface area contributed by atoms with Crippen molar-refractivity contribution in [3.05, 3.63) is 107 Å². The molecule has 0 fully saturated rings. The molecule has 0 aliphatic carbocycles. The summed E-state index contributed by atoms with van der Waals surface area (Å²) >= 11 is 6.09. The number of hydrogen-bond acceptors (Lipinski definition) is 5. The normalized spacial score (nSPS) is 13.3. The number of amides is 4. The molecule has 3 atom stereocenters. The van der Waals surface area contributed by atoms with Crippen LogP contribution < -0.4 is 26.0 Å². The van der Waals surface area contributed by atoms with Gasteiger partial charge in [-0.2, -0.15) is 0 Å². The summed E-state index contributed by atoms with van der Waals surface area (Å²) in [6.45, 7) is 2.83. The topological polar surface area (TPSA) is 141 Å². The standard InChI is InChI=1S/C35H31ClF3N5O5/c1-19(31(45)40-20(2)32(46)42-26-10-12-27(13-11-26)49-35(37,38)39)41-33(47)29(16-21-7-8-22-5-3-4-6-23(22)15-21)44-34(48)30-18-24-17-25(36)9-14-28(24)43-30/h3-15,17-20,29,43H,16H2,1-2H3,(H,40,45)(H,41,47)(H,42,46)(H,44,48)/t19-,20-,29-/m0/s1. The van der Waals surface area contributed by atoms with Gasteiger partial charge in [0, 0.05) is 28.0 Å². The summed E-state index contributed by atoms with van der Waals surface area (Å²) in [5, 5.41) is 13.5. The van der Waals surface area contributed by atoms with Gasteiger partial charge in [0.25, 0.3) is 5.91 Å². The Bertz CT molecular complexity index is 2010. The zero-order valence-corrected chi connectivity index (χ0v) is 26.9. The molecule has 1 aromatic heterocycles. The number of ether oxygens (including phenoxy) is 1. The molecule has 14 heteroatoms. The van der Waals surface area contributed by atoms with Crippen LogP contribution in [0.5, 0.6) is 5.75 Å². The summed E-state index contributed by atoms with van der Waals surface area (Å²) < 4.78 is 41.0. The van der Waals surface area contributed by atoms with Crippen LogP contribution in [0.1, 0.15) is 29.9 Å². The first-order valence-corrected chi connectivity index (χ1v) is 15.5. The van der Waals surface area contributed by atoms with Crippen molar-refractivity contribution in [1.82, 2.24) is 20.9 Å². The Labute approximate surface area is 283 Å². The first-order valence-electron chi connectivity index (χ1n) is 15.1. The maximum atomic E-state index is 13.6. The van der Waals surface area contributed by atoms with Gasteiger partial charge < -0.3 is 31.0 Å². The van der Waals surface area contributed by atoms with Gasteiger partial charge in [0.1, 0.15) is 29.6 Å². The fourth-order valence-electron chi connectivity index (χ4n) is 5.05. The van der Waals surface area contributed by atoms with Crippen LogP contribution in [0, 0.1) is 0 Å². The Morgan fingerprint density at radius 2 is 1.43 bits per heavy atom. The molecule has 0 aliphatic heterocycles. The number of aromatic nitrogens is 1. The molecule has 0 radical (unpaired) electrons. The number of alkyl halides is 3. The number of halogens is 4. The Hall–Kier alpha value is -5.56. The predicted octanol–water partition coefficient (Wildman–Crippen LogP) is 5.86. The van der Waals surface area contributed by atoms with Gasteiger partial charge in [-0.05, 0) is 78.7 Å². The summed E-state index contributed by atoms with van der Waals surface area (Å²) in [7, 11) is 0. The number of H-pyrrole nitrogens is 1. The van der Waals surface area contributed by atoms with Crippen molar-refractivity contribution in [3.63, 3.8) is 0 Å². The van der Waals surface area contributed by atoms with Gasteiger partial charge in [-0.15, -0.1) is 13.2 Å². The average molecular weight is 694 g/mol. The van der Waals surface area contributed by atoms with E-state index in [0.717, 1.165) is 28.5 Å². The molecular weight excluding hydrogens is 663 g/mol. The van der Waals surface area contributed by atoms with Crippen LogP contribution in [0.2, 0.25) is 5.02 Å². The van der Waals surface area contributed by atoms with Crippen molar-refractivity contribution in [2.24, 2.45) is 0 Å². The molecule has 0 saturated carbocycles. The molecule has 49 heavy (non-hydrogen) atoms. The molecule has 0 unspecified atom stereocenters. The quantitative estimate of drug-likeness (QED) is 0.118. The Morgan fingerprint density at radius 3 is 2.14 bits per heavy atom. The predicted molar refractivity (Wildman–Crippen MR) is 179 cm³/mol. The van der Waals surface area contributed by atoms with Crippen LogP contribution in [0.15, 0.2) is 91.0 Å². The molecule has 5 N–H and O–H groups in total. The number of anilines is 1. The summed E-state index contributed by atoms with van der Waals surface area (Å²) in [6, 6.07) is 21.3. The van der Waals surface area contributed by atoms with Crippen molar-refractivity contribution in [1.29, 1.82) is 0 Å². The highest BCUT2D eigenvalue weighted by Crippen LogP contribution is 2.24. The van der Waals surface area contributed by atoms with Crippen molar-refractivity contribution in [3.8, 4) is 5.75 Å². The lowest BCUT2D eigenvalue weighted by Gasteiger charge is -2.22. The Morgan fingerprint density at radius 1 is 0.755 bits per heavy atom. The minimum Gasteiger partial charge on any atom is -0.406 e. The van der Waals surface area contributed by atoms with Gasteiger partial charge in [-0.3, -0.25) is 19.2 Å². The number of carbonyl (C=O) groups excluding carboxylic acids is 4. The van der Waals surface area contributed by atoms with E-state index in [0.29, 0.717) is 15.9 Å². The lowest BCUT2D eigenvalue weighted by molar-refractivity contribution is -0.274. The molecular formula is C35H31ClF3N5O5. The Balaban J connectivity index is 1.24. The largest absolute Gasteiger partial charge is 0.573 e. The molecule has 1 heterocycles. The second kappa shape index (κ2) is 14.7. The summed E-state index contributed by atoms with van der Waals surface area (Å²) in [4.78, 5) is 55.6. The van der Waals surface area contributed by atoms with Crippen molar-refractivity contribution < 1.29 is 37.1 Å². The minimum absolute atomic E-state index is 0.106. The van der Waals surface area contributed by atoms with Gasteiger partial charge in [0.2, 0.25) is 17.7 Å². The number of hydrogen-bond donors (Lipinski definition) is 5. The molecule has 254 valence electrons. The summed E-state index contributed by atoms with van der Waals surface area (Å²) in [5.74, 6) is -2.99. The van der Waals surface area contributed by atoms with Gasteiger partial charge >= 0.3 is 6.36 Å².